The number of hydrogen-bond acceptors (Lipinski definition) is 3. The summed E-state index contributed by atoms with van der Waals surface area (Å²) in [6.07, 6.45) is 1.39. The van der Waals surface area contributed by atoms with Crippen molar-refractivity contribution in [3.8, 4) is 0 Å². The van der Waals surface area contributed by atoms with Crippen molar-refractivity contribution in [2.75, 3.05) is 15.9 Å². The van der Waals surface area contributed by atoms with E-state index in [0.29, 0.717) is 22.8 Å². The normalized spacial score (nSPS) is 12.5. The highest BCUT2D eigenvalue weighted by atomic mass is 35.5. The highest BCUT2D eigenvalue weighted by Crippen LogP contribution is 2.27. The standard InChI is InChI=1S/C21H21ClN2O3S/c1-3-20(24(28(2,26)27)17-11-7-10-16(22)14-17)21(25)23-19-13-6-9-15-8-4-5-12-18(15)19/h4-14,20H,3H2,1-2H3,(H,23,25)/t20-/m1/s1. The van der Waals surface area contributed by atoms with E-state index in [9.17, 15) is 13.2 Å². The van der Waals surface area contributed by atoms with Gasteiger partial charge in [-0.1, -0.05) is 61.0 Å². The van der Waals surface area contributed by atoms with Crippen LogP contribution in [-0.4, -0.2) is 26.6 Å². The molecule has 0 aliphatic heterocycles. The molecular formula is C21H21ClN2O3S. The van der Waals surface area contributed by atoms with Gasteiger partial charge in [-0.25, -0.2) is 8.42 Å². The Morgan fingerprint density at radius 2 is 1.75 bits per heavy atom. The van der Waals surface area contributed by atoms with Gasteiger partial charge >= 0.3 is 0 Å². The topological polar surface area (TPSA) is 66.5 Å². The molecule has 0 unspecified atom stereocenters. The first kappa shape index (κ1) is 20.2. The van der Waals surface area contributed by atoms with Gasteiger partial charge in [-0.3, -0.25) is 9.10 Å². The summed E-state index contributed by atoms with van der Waals surface area (Å²) in [4.78, 5) is 13.1. The van der Waals surface area contributed by atoms with Gasteiger partial charge in [0.15, 0.2) is 0 Å². The van der Waals surface area contributed by atoms with Crippen molar-refractivity contribution in [3.63, 3.8) is 0 Å². The van der Waals surface area contributed by atoms with Crippen molar-refractivity contribution in [1.82, 2.24) is 0 Å². The number of carbonyl (C=O) groups excluding carboxylic acids is 1. The van der Waals surface area contributed by atoms with Crippen LogP contribution in [-0.2, 0) is 14.8 Å². The summed E-state index contributed by atoms with van der Waals surface area (Å²) in [5.74, 6) is -0.399. The van der Waals surface area contributed by atoms with Crippen LogP contribution in [0.3, 0.4) is 0 Å². The van der Waals surface area contributed by atoms with Crippen molar-refractivity contribution >= 4 is 49.7 Å². The van der Waals surface area contributed by atoms with Gasteiger partial charge in [0.1, 0.15) is 6.04 Å². The number of fused-ring (bicyclic) bond motifs is 1. The summed E-state index contributed by atoms with van der Waals surface area (Å²) in [6, 6.07) is 18.9. The molecule has 0 aliphatic rings. The summed E-state index contributed by atoms with van der Waals surface area (Å²) < 4.78 is 26.2. The fourth-order valence-corrected chi connectivity index (χ4v) is 4.61. The summed E-state index contributed by atoms with van der Waals surface area (Å²) in [5, 5.41) is 5.17. The number of halogens is 1. The van der Waals surface area contributed by atoms with Gasteiger partial charge in [-0.05, 0) is 36.1 Å². The molecule has 0 aliphatic carbocycles. The third kappa shape index (κ3) is 4.29. The fraction of sp³-hybridized carbons (Fsp3) is 0.190. The maximum atomic E-state index is 13.1. The number of hydrogen-bond donors (Lipinski definition) is 1. The van der Waals surface area contributed by atoms with E-state index in [0.717, 1.165) is 21.3 Å². The minimum atomic E-state index is -3.71. The SMILES string of the molecule is CC[C@H](C(=O)Nc1cccc2ccccc12)N(c1cccc(Cl)c1)S(C)(=O)=O. The predicted molar refractivity (Wildman–Crippen MR) is 115 cm³/mol. The monoisotopic (exact) mass is 416 g/mol. The second kappa shape index (κ2) is 8.20. The molecule has 1 N–H and O–H groups in total. The Morgan fingerprint density at radius 3 is 2.43 bits per heavy atom. The molecule has 0 aromatic heterocycles. The van der Waals surface area contributed by atoms with Crippen LogP contribution in [0.15, 0.2) is 66.7 Å². The average Bonchev–Trinajstić information content (AvgIpc) is 2.65. The van der Waals surface area contributed by atoms with Crippen molar-refractivity contribution in [1.29, 1.82) is 0 Å². The second-order valence-electron chi connectivity index (χ2n) is 6.48. The molecule has 3 aromatic rings. The minimum absolute atomic E-state index is 0.302. The lowest BCUT2D eigenvalue weighted by Crippen LogP contribution is -2.47. The van der Waals surface area contributed by atoms with E-state index >= 15 is 0 Å². The first-order valence-electron chi connectivity index (χ1n) is 8.85. The number of nitrogens with zero attached hydrogens (tertiary/aromatic N) is 1. The lowest BCUT2D eigenvalue weighted by atomic mass is 10.1. The summed E-state index contributed by atoms with van der Waals surface area (Å²) in [6.45, 7) is 1.77. The molecule has 0 fully saturated rings. The molecule has 0 spiro atoms. The van der Waals surface area contributed by atoms with Gasteiger partial charge in [-0.15, -0.1) is 0 Å². The summed E-state index contributed by atoms with van der Waals surface area (Å²) in [5.41, 5.74) is 0.996. The molecule has 28 heavy (non-hydrogen) atoms. The lowest BCUT2D eigenvalue weighted by Gasteiger charge is -2.30. The Balaban J connectivity index is 1.99. The molecular weight excluding hydrogens is 396 g/mol. The number of nitrogens with one attached hydrogen (secondary N) is 1. The zero-order chi connectivity index (χ0) is 20.3. The predicted octanol–water partition coefficient (Wildman–Crippen LogP) is 4.68. The molecule has 0 saturated carbocycles. The number of rotatable bonds is 6. The number of benzene rings is 3. The van der Waals surface area contributed by atoms with Crippen LogP contribution in [0.1, 0.15) is 13.3 Å². The molecule has 1 amide bonds. The van der Waals surface area contributed by atoms with Crippen molar-refractivity contribution < 1.29 is 13.2 Å². The highest BCUT2D eigenvalue weighted by Gasteiger charge is 2.31. The fourth-order valence-electron chi connectivity index (χ4n) is 3.22. The largest absolute Gasteiger partial charge is 0.324 e. The van der Waals surface area contributed by atoms with Gasteiger partial charge in [-0.2, -0.15) is 0 Å². The van der Waals surface area contributed by atoms with Crippen LogP contribution in [0.4, 0.5) is 11.4 Å². The highest BCUT2D eigenvalue weighted by molar-refractivity contribution is 7.92. The Kier molecular flexibility index (Phi) is 5.91. The Labute approximate surface area is 170 Å². The van der Waals surface area contributed by atoms with Crippen molar-refractivity contribution in [2.45, 2.75) is 19.4 Å². The number of amides is 1. The van der Waals surface area contributed by atoms with Crippen LogP contribution in [0, 0.1) is 0 Å². The van der Waals surface area contributed by atoms with Crippen LogP contribution in [0.2, 0.25) is 5.02 Å². The summed E-state index contributed by atoms with van der Waals surface area (Å²) >= 11 is 6.04. The molecule has 0 radical (unpaired) electrons. The Hall–Kier alpha value is -2.57. The average molecular weight is 417 g/mol. The lowest BCUT2D eigenvalue weighted by molar-refractivity contribution is -0.117. The number of anilines is 2. The molecule has 3 rings (SSSR count). The van der Waals surface area contributed by atoms with Gasteiger partial charge in [0.25, 0.3) is 0 Å². The molecule has 0 bridgehead atoms. The quantitative estimate of drug-likeness (QED) is 0.634. The van der Waals surface area contributed by atoms with E-state index in [4.69, 9.17) is 11.6 Å². The van der Waals surface area contributed by atoms with Crippen LogP contribution >= 0.6 is 11.6 Å². The van der Waals surface area contributed by atoms with Crippen LogP contribution in [0.25, 0.3) is 10.8 Å². The maximum Gasteiger partial charge on any atom is 0.248 e. The zero-order valence-corrected chi connectivity index (χ0v) is 17.2. The van der Waals surface area contributed by atoms with Gasteiger partial charge in [0.2, 0.25) is 15.9 Å². The van der Waals surface area contributed by atoms with Gasteiger partial charge < -0.3 is 5.32 Å². The van der Waals surface area contributed by atoms with Gasteiger partial charge in [0.05, 0.1) is 11.9 Å². The molecule has 0 saturated heterocycles. The zero-order valence-electron chi connectivity index (χ0n) is 15.6. The van der Waals surface area contributed by atoms with E-state index in [2.05, 4.69) is 5.32 Å². The van der Waals surface area contributed by atoms with E-state index in [1.54, 1.807) is 31.2 Å². The molecule has 1 atom stereocenters. The van der Waals surface area contributed by atoms with Crippen molar-refractivity contribution in [3.05, 3.63) is 71.8 Å². The molecule has 7 heteroatoms. The van der Waals surface area contributed by atoms with E-state index < -0.39 is 22.0 Å². The Morgan fingerprint density at radius 1 is 1.07 bits per heavy atom. The third-order valence-corrected chi connectivity index (χ3v) is 5.85. The number of carbonyl (C=O) groups is 1. The van der Waals surface area contributed by atoms with Gasteiger partial charge in [0, 0.05) is 16.1 Å². The molecule has 5 nitrogen and oxygen atoms in total. The number of sulfonamides is 1. The molecule has 0 heterocycles. The minimum Gasteiger partial charge on any atom is -0.324 e. The first-order valence-corrected chi connectivity index (χ1v) is 11.1. The second-order valence-corrected chi connectivity index (χ2v) is 8.77. The van der Waals surface area contributed by atoms with Crippen molar-refractivity contribution in [2.24, 2.45) is 0 Å². The summed E-state index contributed by atoms with van der Waals surface area (Å²) in [7, 11) is -3.71. The molecule has 146 valence electrons. The van der Waals surface area contributed by atoms with Crippen LogP contribution in [0.5, 0.6) is 0 Å². The van der Waals surface area contributed by atoms with E-state index in [1.807, 2.05) is 36.4 Å². The maximum absolute atomic E-state index is 13.1. The van der Waals surface area contributed by atoms with E-state index in [-0.39, 0.29) is 0 Å². The third-order valence-electron chi connectivity index (χ3n) is 4.44. The van der Waals surface area contributed by atoms with Crippen LogP contribution < -0.4 is 9.62 Å². The van der Waals surface area contributed by atoms with E-state index in [1.165, 1.54) is 6.07 Å². The smallest absolute Gasteiger partial charge is 0.248 e. The molecule has 3 aromatic carbocycles. The Bertz CT molecular complexity index is 1110. The first-order chi connectivity index (χ1) is 13.3.